The lowest BCUT2D eigenvalue weighted by Crippen LogP contribution is -2.16. The molecule has 0 bridgehead atoms. The average Bonchev–Trinajstić information content (AvgIpc) is 2.52. The largest absolute Gasteiger partial charge is 0.506 e. The van der Waals surface area contributed by atoms with Crippen LogP contribution in [0.1, 0.15) is 11.1 Å². The van der Waals surface area contributed by atoms with Gasteiger partial charge in [0.25, 0.3) is 0 Å². The molecule has 0 aliphatic rings. The fourth-order valence-corrected chi connectivity index (χ4v) is 3.03. The third kappa shape index (κ3) is 3.95. The molecule has 0 atom stereocenters. The van der Waals surface area contributed by atoms with Crippen LogP contribution in [-0.2, 0) is 6.18 Å². The molecule has 12 heteroatoms. The standard InChI is InChI=1S/C14H5Br2F7N2O/c15-5-1-4(2-6(16)13(5)26)3-24-25-12-10(19)8(17)7(14(21,22)23)9(18)11(12)20/h1-3,25-26H. The fraction of sp³-hybridized carbons (Fsp3) is 0.0714. The highest BCUT2D eigenvalue weighted by Gasteiger charge is 2.42. The Morgan fingerprint density at radius 3 is 1.81 bits per heavy atom. The monoisotopic (exact) mass is 508 g/mol. The van der Waals surface area contributed by atoms with Crippen LogP contribution in [0, 0.1) is 23.3 Å². The number of hydrogen-bond donors (Lipinski definition) is 2. The van der Waals surface area contributed by atoms with Gasteiger partial charge in [-0.2, -0.15) is 18.3 Å². The molecule has 2 aromatic carbocycles. The lowest BCUT2D eigenvalue weighted by Gasteiger charge is -2.13. The van der Waals surface area contributed by atoms with Crippen LogP contribution in [-0.4, -0.2) is 11.3 Å². The van der Waals surface area contributed by atoms with Gasteiger partial charge in [0.2, 0.25) is 0 Å². The molecule has 0 aliphatic heterocycles. The van der Waals surface area contributed by atoms with Crippen LogP contribution in [0.25, 0.3) is 0 Å². The number of phenols is 1. The lowest BCUT2D eigenvalue weighted by atomic mass is 10.1. The van der Waals surface area contributed by atoms with E-state index in [0.717, 1.165) is 6.21 Å². The lowest BCUT2D eigenvalue weighted by molar-refractivity contribution is -0.143. The van der Waals surface area contributed by atoms with Gasteiger partial charge in [-0.3, -0.25) is 5.43 Å². The minimum atomic E-state index is -5.62. The molecule has 2 rings (SSSR count). The second-order valence-electron chi connectivity index (χ2n) is 4.71. The summed E-state index contributed by atoms with van der Waals surface area (Å²) < 4.78 is 92.2. The van der Waals surface area contributed by atoms with Gasteiger partial charge in [0.05, 0.1) is 15.2 Å². The molecule has 2 N–H and O–H groups in total. The maximum atomic E-state index is 13.7. The quantitative estimate of drug-likeness (QED) is 0.233. The summed E-state index contributed by atoms with van der Waals surface area (Å²) in [5, 5.41) is 12.9. The van der Waals surface area contributed by atoms with Crippen molar-refractivity contribution >= 4 is 43.8 Å². The molecular formula is C14H5Br2F7N2O. The van der Waals surface area contributed by atoms with E-state index < -0.39 is 40.7 Å². The number of halogens is 9. The molecule has 0 saturated carbocycles. The van der Waals surface area contributed by atoms with E-state index in [1.807, 2.05) is 0 Å². The van der Waals surface area contributed by atoms with Crippen LogP contribution < -0.4 is 5.43 Å². The highest BCUT2D eigenvalue weighted by atomic mass is 79.9. The van der Waals surface area contributed by atoms with Gasteiger partial charge in [-0.05, 0) is 49.6 Å². The molecule has 0 amide bonds. The van der Waals surface area contributed by atoms with Crippen LogP contribution in [0.4, 0.5) is 36.4 Å². The zero-order chi connectivity index (χ0) is 19.8. The molecule has 3 nitrogen and oxygen atoms in total. The molecule has 140 valence electrons. The predicted octanol–water partition coefficient (Wildman–Crippen LogP) is 5.94. The van der Waals surface area contributed by atoms with E-state index >= 15 is 0 Å². The number of nitrogens with one attached hydrogen (secondary N) is 1. The maximum Gasteiger partial charge on any atom is 0.422 e. The van der Waals surface area contributed by atoms with Crippen molar-refractivity contribution in [3.8, 4) is 5.75 Å². The van der Waals surface area contributed by atoms with Crippen molar-refractivity contribution in [1.29, 1.82) is 0 Å². The Labute approximate surface area is 157 Å². The number of hydrogen-bond acceptors (Lipinski definition) is 3. The van der Waals surface area contributed by atoms with E-state index in [0.29, 0.717) is 0 Å². The van der Waals surface area contributed by atoms with Gasteiger partial charge < -0.3 is 5.11 Å². The smallest absolute Gasteiger partial charge is 0.422 e. The van der Waals surface area contributed by atoms with Crippen molar-refractivity contribution in [2.24, 2.45) is 5.10 Å². The SMILES string of the molecule is Oc1c(Br)cc(C=NNc2c(F)c(F)c(C(F)(F)F)c(F)c2F)cc1Br. The van der Waals surface area contributed by atoms with Crippen LogP contribution in [0.2, 0.25) is 0 Å². The van der Waals surface area contributed by atoms with E-state index in [9.17, 15) is 35.8 Å². The Balaban J connectivity index is 2.39. The molecule has 2 aromatic rings. The van der Waals surface area contributed by atoms with Gasteiger partial charge in [-0.15, -0.1) is 0 Å². The molecule has 0 saturated heterocycles. The molecule has 26 heavy (non-hydrogen) atoms. The molecule has 0 radical (unpaired) electrons. The van der Waals surface area contributed by atoms with Crippen molar-refractivity contribution in [2.75, 3.05) is 5.43 Å². The number of aromatic hydroxyl groups is 1. The average molecular weight is 510 g/mol. The summed E-state index contributed by atoms with van der Waals surface area (Å²) in [7, 11) is 0. The second kappa shape index (κ2) is 7.43. The van der Waals surface area contributed by atoms with Crippen LogP contribution in [0.3, 0.4) is 0 Å². The summed E-state index contributed by atoms with van der Waals surface area (Å²) in [6.07, 6.45) is -4.68. The third-order valence-corrected chi connectivity index (χ3v) is 4.19. The highest BCUT2D eigenvalue weighted by Crippen LogP contribution is 2.38. The summed E-state index contributed by atoms with van der Waals surface area (Å²) in [6, 6.07) is 2.68. The maximum absolute atomic E-state index is 13.7. The van der Waals surface area contributed by atoms with Gasteiger partial charge >= 0.3 is 6.18 Å². The molecule has 0 heterocycles. The molecule has 0 aliphatic carbocycles. The number of anilines is 1. The van der Waals surface area contributed by atoms with Crippen molar-refractivity contribution in [3.63, 3.8) is 0 Å². The van der Waals surface area contributed by atoms with E-state index in [4.69, 9.17) is 0 Å². The number of benzene rings is 2. The zero-order valence-electron chi connectivity index (χ0n) is 12.0. The first-order valence-corrected chi connectivity index (χ1v) is 7.94. The normalized spacial score (nSPS) is 12.0. The van der Waals surface area contributed by atoms with Crippen molar-refractivity contribution in [1.82, 2.24) is 0 Å². The van der Waals surface area contributed by atoms with E-state index in [1.54, 1.807) is 5.43 Å². The van der Waals surface area contributed by atoms with Crippen molar-refractivity contribution in [2.45, 2.75) is 6.18 Å². The van der Waals surface area contributed by atoms with Crippen LogP contribution in [0.5, 0.6) is 5.75 Å². The zero-order valence-corrected chi connectivity index (χ0v) is 15.2. The minimum absolute atomic E-state index is 0.140. The van der Waals surface area contributed by atoms with Gasteiger partial charge in [0.1, 0.15) is 17.0 Å². The van der Waals surface area contributed by atoms with Crippen LogP contribution >= 0.6 is 31.9 Å². The number of rotatable bonds is 3. The Morgan fingerprint density at radius 1 is 0.923 bits per heavy atom. The predicted molar refractivity (Wildman–Crippen MR) is 86.0 cm³/mol. The number of hydrazone groups is 1. The summed E-state index contributed by atoms with van der Waals surface area (Å²) in [5.74, 6) is -9.88. The Hall–Kier alpha value is -1.82. The molecule has 0 aromatic heterocycles. The Kier molecular flexibility index (Phi) is 5.85. The van der Waals surface area contributed by atoms with Crippen molar-refractivity contribution in [3.05, 3.63) is 55.5 Å². The second-order valence-corrected chi connectivity index (χ2v) is 6.42. The summed E-state index contributed by atoms with van der Waals surface area (Å²) >= 11 is 6.03. The highest BCUT2D eigenvalue weighted by molar-refractivity contribution is 9.11. The van der Waals surface area contributed by atoms with Gasteiger partial charge in [0, 0.05) is 0 Å². The molecular weight excluding hydrogens is 505 g/mol. The molecule has 0 spiro atoms. The summed E-state index contributed by atoms with van der Waals surface area (Å²) in [5.41, 5.74) is -2.31. The van der Waals surface area contributed by atoms with Gasteiger partial charge in [-0.25, -0.2) is 17.6 Å². The third-order valence-electron chi connectivity index (χ3n) is 2.98. The first-order valence-electron chi connectivity index (χ1n) is 6.35. The topological polar surface area (TPSA) is 44.6 Å². The minimum Gasteiger partial charge on any atom is -0.506 e. The molecule has 0 fully saturated rings. The van der Waals surface area contributed by atoms with Gasteiger partial charge in [-0.1, -0.05) is 0 Å². The number of nitrogens with zero attached hydrogens (tertiary/aromatic N) is 1. The van der Waals surface area contributed by atoms with Crippen LogP contribution in [0.15, 0.2) is 26.2 Å². The Morgan fingerprint density at radius 2 is 1.38 bits per heavy atom. The number of phenolic OH excluding ortho intramolecular Hbond substituents is 1. The van der Waals surface area contributed by atoms with Crippen molar-refractivity contribution < 1.29 is 35.8 Å². The number of alkyl halides is 3. The van der Waals surface area contributed by atoms with E-state index in [-0.39, 0.29) is 20.3 Å². The fourth-order valence-electron chi connectivity index (χ4n) is 1.81. The first-order chi connectivity index (χ1) is 11.9. The Bertz CT molecular complexity index is 848. The summed E-state index contributed by atoms with van der Waals surface area (Å²) in [4.78, 5) is 0. The van der Waals surface area contributed by atoms with Gasteiger partial charge in [0.15, 0.2) is 23.3 Å². The first kappa shape index (κ1) is 20.5. The van der Waals surface area contributed by atoms with E-state index in [2.05, 4.69) is 37.0 Å². The van der Waals surface area contributed by atoms with E-state index in [1.165, 1.54) is 12.1 Å². The molecule has 0 unspecified atom stereocenters. The summed E-state index contributed by atoms with van der Waals surface area (Å²) in [6.45, 7) is 0.